The maximum absolute atomic E-state index is 12.2. The molecular weight excluding hydrogens is 310 g/mol. The molecule has 3 aromatic rings. The molecule has 0 unspecified atom stereocenters. The molecule has 1 N–H and O–H groups in total. The van der Waals surface area contributed by atoms with Gasteiger partial charge in [-0.2, -0.15) is 0 Å². The first-order chi connectivity index (χ1) is 12.2. The van der Waals surface area contributed by atoms with Gasteiger partial charge in [-0.3, -0.25) is 0 Å². The van der Waals surface area contributed by atoms with Crippen molar-refractivity contribution in [1.29, 1.82) is 0 Å². The second-order valence-corrected chi connectivity index (χ2v) is 5.70. The quantitative estimate of drug-likeness (QED) is 0.489. The Morgan fingerprint density at radius 1 is 1.00 bits per heavy atom. The van der Waals surface area contributed by atoms with Crippen molar-refractivity contribution in [3.63, 3.8) is 0 Å². The van der Waals surface area contributed by atoms with Crippen LogP contribution in [0.5, 0.6) is 5.75 Å². The van der Waals surface area contributed by atoms with Crippen LogP contribution in [0.4, 0.5) is 11.4 Å². The van der Waals surface area contributed by atoms with Gasteiger partial charge in [-0.25, -0.2) is 4.79 Å². The van der Waals surface area contributed by atoms with Crippen LogP contribution in [0.2, 0.25) is 0 Å². The molecule has 0 aromatic heterocycles. The van der Waals surface area contributed by atoms with E-state index >= 15 is 0 Å². The van der Waals surface area contributed by atoms with Crippen LogP contribution in [0.3, 0.4) is 0 Å². The van der Waals surface area contributed by atoms with Crippen LogP contribution in [0.25, 0.3) is 6.08 Å². The molecule has 0 aliphatic carbocycles. The molecule has 3 aromatic carbocycles. The first-order valence-corrected chi connectivity index (χ1v) is 8.03. The molecule has 25 heavy (non-hydrogen) atoms. The predicted octanol–water partition coefficient (Wildman–Crippen LogP) is 5.60. The maximum atomic E-state index is 12.2. The molecule has 0 aliphatic heterocycles. The number of hydrogen-bond acceptors (Lipinski definition) is 3. The summed E-state index contributed by atoms with van der Waals surface area (Å²) in [6.07, 6.45) is 1.76. The average Bonchev–Trinajstić information content (AvgIpc) is 2.64. The lowest BCUT2D eigenvalue weighted by atomic mass is 10.1. The van der Waals surface area contributed by atoms with Crippen molar-refractivity contribution < 1.29 is 9.53 Å². The van der Waals surface area contributed by atoms with Crippen LogP contribution in [0, 0.1) is 6.92 Å². The topological polar surface area (TPSA) is 38.3 Å². The van der Waals surface area contributed by atoms with Gasteiger partial charge in [0.15, 0.2) is 0 Å². The molecule has 0 amide bonds. The Hall–Kier alpha value is -3.33. The summed E-state index contributed by atoms with van der Waals surface area (Å²) >= 11 is 0. The summed E-state index contributed by atoms with van der Waals surface area (Å²) in [6, 6.07) is 22.5. The summed E-state index contributed by atoms with van der Waals surface area (Å²) < 4.78 is 5.48. The summed E-state index contributed by atoms with van der Waals surface area (Å²) in [5, 5.41) is 3.34. The molecule has 0 saturated carbocycles. The zero-order chi connectivity index (χ0) is 17.6. The summed E-state index contributed by atoms with van der Waals surface area (Å²) in [7, 11) is 0. The summed E-state index contributed by atoms with van der Waals surface area (Å²) in [5.74, 6) is 0.0994. The van der Waals surface area contributed by atoms with E-state index < -0.39 is 0 Å². The smallest absolute Gasteiger partial charge is 0.343 e. The summed E-state index contributed by atoms with van der Waals surface area (Å²) in [6.45, 7) is 5.88. The van der Waals surface area contributed by atoms with Gasteiger partial charge in [-0.15, -0.1) is 0 Å². The monoisotopic (exact) mass is 329 g/mol. The molecule has 0 saturated heterocycles. The van der Waals surface area contributed by atoms with Crippen molar-refractivity contribution in [2.24, 2.45) is 0 Å². The molecule has 0 bridgehead atoms. The normalized spacial score (nSPS) is 10.1. The minimum atomic E-state index is -0.381. The van der Waals surface area contributed by atoms with E-state index in [1.807, 2.05) is 55.5 Å². The molecule has 0 aliphatic rings. The lowest BCUT2D eigenvalue weighted by Gasteiger charge is -2.12. The minimum absolute atomic E-state index is 0.381. The van der Waals surface area contributed by atoms with Crippen LogP contribution in [-0.4, -0.2) is 5.97 Å². The third kappa shape index (κ3) is 4.15. The van der Waals surface area contributed by atoms with Crippen LogP contribution in [0.15, 0.2) is 79.4 Å². The molecule has 124 valence electrons. The highest BCUT2D eigenvalue weighted by Crippen LogP contribution is 2.27. The molecule has 0 spiro atoms. The first kappa shape index (κ1) is 16.5. The number of ether oxygens (including phenoxy) is 1. The van der Waals surface area contributed by atoms with E-state index in [-0.39, 0.29) is 5.97 Å². The third-order valence-electron chi connectivity index (χ3n) is 3.80. The second-order valence-electron chi connectivity index (χ2n) is 5.70. The molecule has 3 heteroatoms. The van der Waals surface area contributed by atoms with Crippen molar-refractivity contribution in [3.05, 3.63) is 96.1 Å². The number of carbonyl (C=O) groups excluding carboxylic acids is 1. The number of nitrogens with one attached hydrogen (secondary N) is 1. The lowest BCUT2D eigenvalue weighted by molar-refractivity contribution is 0.0735. The molecule has 3 nitrogen and oxygen atoms in total. The molecular formula is C22H19NO2. The fourth-order valence-corrected chi connectivity index (χ4v) is 2.42. The Labute approximate surface area is 147 Å². The Balaban J connectivity index is 1.83. The number of carbonyl (C=O) groups is 1. The summed E-state index contributed by atoms with van der Waals surface area (Å²) in [4.78, 5) is 12.2. The van der Waals surface area contributed by atoms with Crippen molar-refractivity contribution in [3.8, 4) is 5.75 Å². The SMILES string of the molecule is C=Cc1ccc(OC(=O)c2ccccc2)cc1Nc1ccc(C)cc1. The van der Waals surface area contributed by atoms with E-state index in [2.05, 4.69) is 11.9 Å². The highest BCUT2D eigenvalue weighted by molar-refractivity contribution is 5.91. The van der Waals surface area contributed by atoms with E-state index in [4.69, 9.17) is 4.74 Å². The first-order valence-electron chi connectivity index (χ1n) is 8.03. The Kier molecular flexibility index (Phi) is 4.95. The fourth-order valence-electron chi connectivity index (χ4n) is 2.42. The lowest BCUT2D eigenvalue weighted by Crippen LogP contribution is -2.08. The Morgan fingerprint density at radius 2 is 1.72 bits per heavy atom. The molecule has 0 radical (unpaired) electrons. The zero-order valence-electron chi connectivity index (χ0n) is 14.0. The fraction of sp³-hybridized carbons (Fsp3) is 0.0455. The number of anilines is 2. The van der Waals surface area contributed by atoms with Gasteiger partial charge in [0.05, 0.1) is 5.56 Å². The van der Waals surface area contributed by atoms with Gasteiger partial charge in [0.1, 0.15) is 5.75 Å². The number of esters is 1. The number of hydrogen-bond donors (Lipinski definition) is 1. The predicted molar refractivity (Wildman–Crippen MR) is 102 cm³/mol. The number of benzene rings is 3. The number of rotatable bonds is 5. The van der Waals surface area contributed by atoms with Gasteiger partial charge < -0.3 is 10.1 Å². The third-order valence-corrected chi connectivity index (χ3v) is 3.80. The van der Waals surface area contributed by atoms with Gasteiger partial charge in [-0.05, 0) is 48.9 Å². The number of aryl methyl sites for hydroxylation is 1. The molecule has 3 rings (SSSR count). The molecule has 0 fully saturated rings. The van der Waals surface area contributed by atoms with E-state index in [1.165, 1.54) is 5.56 Å². The van der Waals surface area contributed by atoms with E-state index in [9.17, 15) is 4.79 Å². The second kappa shape index (κ2) is 7.49. The van der Waals surface area contributed by atoms with Gasteiger partial charge in [-0.1, -0.05) is 48.6 Å². The standard InChI is InChI=1S/C22H19NO2/c1-3-17-11-14-20(25-22(24)18-7-5-4-6-8-18)15-21(17)23-19-12-9-16(2)10-13-19/h3-15,23H,1H2,2H3. The van der Waals surface area contributed by atoms with Crippen LogP contribution in [-0.2, 0) is 0 Å². The van der Waals surface area contributed by atoms with E-state index in [0.717, 1.165) is 16.9 Å². The van der Waals surface area contributed by atoms with Crippen LogP contribution in [0.1, 0.15) is 21.5 Å². The zero-order valence-corrected chi connectivity index (χ0v) is 14.0. The van der Waals surface area contributed by atoms with Gasteiger partial charge >= 0.3 is 5.97 Å². The summed E-state index contributed by atoms with van der Waals surface area (Å²) in [5.41, 5.74) is 4.43. The average molecular weight is 329 g/mol. The van der Waals surface area contributed by atoms with Gasteiger partial charge in [0.2, 0.25) is 0 Å². The van der Waals surface area contributed by atoms with E-state index in [1.54, 1.807) is 30.3 Å². The van der Waals surface area contributed by atoms with Crippen molar-refractivity contribution in [2.75, 3.05) is 5.32 Å². The van der Waals surface area contributed by atoms with Crippen molar-refractivity contribution in [1.82, 2.24) is 0 Å². The minimum Gasteiger partial charge on any atom is -0.423 e. The Morgan fingerprint density at radius 3 is 2.40 bits per heavy atom. The van der Waals surface area contributed by atoms with Gasteiger partial charge in [0.25, 0.3) is 0 Å². The highest BCUT2D eigenvalue weighted by atomic mass is 16.5. The van der Waals surface area contributed by atoms with E-state index in [0.29, 0.717) is 11.3 Å². The van der Waals surface area contributed by atoms with Crippen LogP contribution < -0.4 is 10.1 Å². The maximum Gasteiger partial charge on any atom is 0.343 e. The molecule has 0 heterocycles. The van der Waals surface area contributed by atoms with Crippen molar-refractivity contribution >= 4 is 23.4 Å². The highest BCUT2D eigenvalue weighted by Gasteiger charge is 2.10. The largest absolute Gasteiger partial charge is 0.423 e. The van der Waals surface area contributed by atoms with Crippen LogP contribution >= 0.6 is 0 Å². The van der Waals surface area contributed by atoms with Gasteiger partial charge in [0, 0.05) is 17.4 Å². The van der Waals surface area contributed by atoms with Crippen molar-refractivity contribution in [2.45, 2.75) is 6.92 Å². The Bertz CT molecular complexity index is 884. The molecule has 0 atom stereocenters.